The molecule has 6 N–H and O–H groups in total. The highest BCUT2D eigenvalue weighted by molar-refractivity contribution is 7.89. The normalized spacial score (nSPS) is 12.9. The number of methoxy groups -OCH3 is 1. The zero-order chi connectivity index (χ0) is 33.0. The molecule has 0 aliphatic rings. The first-order chi connectivity index (χ1) is 21.4. The number of rotatable bonds is 16. The van der Waals surface area contributed by atoms with Gasteiger partial charge in [0.25, 0.3) is 0 Å². The van der Waals surface area contributed by atoms with Crippen molar-refractivity contribution in [2.45, 2.75) is 56.0 Å². The molecule has 0 fully saturated rings. The molecule has 0 bridgehead atoms. The average molecular weight is 638 g/mol. The number of hydrogen-bond acceptors (Lipinski definition) is 7. The van der Waals surface area contributed by atoms with Crippen LogP contribution in [-0.4, -0.2) is 62.9 Å². The fourth-order valence-corrected chi connectivity index (χ4v) is 6.91. The van der Waals surface area contributed by atoms with Gasteiger partial charge in [-0.05, 0) is 60.6 Å². The lowest BCUT2D eigenvalue weighted by molar-refractivity contribution is -0.123. The third kappa shape index (κ3) is 9.79. The number of primary amides is 1. The molecule has 0 unspecified atom stereocenters. The largest absolute Gasteiger partial charge is 0.453 e. The second-order valence-corrected chi connectivity index (χ2v) is 13.0. The van der Waals surface area contributed by atoms with E-state index in [1.807, 2.05) is 74.5 Å². The molecule has 242 valence electrons. The predicted octanol–water partition coefficient (Wildman–Crippen LogP) is 3.61. The summed E-state index contributed by atoms with van der Waals surface area (Å²) in [5, 5.41) is 5.58. The van der Waals surface area contributed by atoms with Crippen LogP contribution in [0.25, 0.3) is 0 Å². The van der Waals surface area contributed by atoms with Gasteiger partial charge in [-0.3, -0.25) is 9.59 Å². The number of unbranched alkanes of at least 4 members (excludes halogenated alkanes) is 1. The van der Waals surface area contributed by atoms with E-state index in [2.05, 4.69) is 10.6 Å². The molecule has 3 aromatic rings. The molecule has 0 radical (unpaired) electrons. The van der Waals surface area contributed by atoms with Gasteiger partial charge in [0.1, 0.15) is 12.1 Å². The van der Waals surface area contributed by atoms with Crippen LogP contribution in [0.1, 0.15) is 50.2 Å². The fraction of sp³-hybridized carbons (Fsp3) is 0.364. The Morgan fingerprint density at radius 1 is 0.867 bits per heavy atom. The first-order valence-electron chi connectivity index (χ1n) is 14.8. The maximum absolute atomic E-state index is 13.6. The fourth-order valence-electron chi connectivity index (χ4n) is 5.12. The van der Waals surface area contributed by atoms with Crippen molar-refractivity contribution in [2.75, 3.05) is 25.9 Å². The van der Waals surface area contributed by atoms with Crippen LogP contribution in [0.3, 0.4) is 0 Å². The number of alkyl carbamates (subject to hydrolysis) is 1. The topological polar surface area (TPSA) is 174 Å². The summed E-state index contributed by atoms with van der Waals surface area (Å²) in [5.41, 5.74) is 13.5. The van der Waals surface area contributed by atoms with E-state index in [0.29, 0.717) is 18.5 Å². The Morgan fingerprint density at radius 3 is 1.91 bits per heavy atom. The first-order valence-corrected chi connectivity index (χ1v) is 16.3. The van der Waals surface area contributed by atoms with Crippen molar-refractivity contribution in [1.29, 1.82) is 0 Å². The molecule has 3 aromatic carbocycles. The minimum atomic E-state index is -4.05. The molecule has 0 saturated carbocycles. The smallest absolute Gasteiger partial charge is 0.407 e. The van der Waals surface area contributed by atoms with E-state index in [4.69, 9.17) is 16.2 Å². The molecule has 0 aromatic heterocycles. The summed E-state index contributed by atoms with van der Waals surface area (Å²) in [6, 6.07) is 22.5. The van der Waals surface area contributed by atoms with Crippen LogP contribution in [-0.2, 0) is 24.3 Å². The lowest BCUT2D eigenvalue weighted by Gasteiger charge is -2.30. The zero-order valence-corrected chi connectivity index (χ0v) is 26.7. The Hall–Kier alpha value is -4.42. The molecule has 0 heterocycles. The standard InChI is InChI=1S/C33H43N5O6S/c1-23(2)22-38(45(42,43)27-19-17-26(34)18-20-27)28(31(35)39)16-10-11-21-36-32(40)30(37-33(41)44-3)29(24-12-6-4-7-13-24)25-14-8-5-9-15-25/h4-9,12-15,17-20,23,28-30H,10-11,16,21-22,34H2,1-3H3,(H2,35,39)(H,36,40)(H,37,41)/t28-,30-/m0/s1. The summed E-state index contributed by atoms with van der Waals surface area (Å²) in [6.07, 6.45) is 0.241. The molecule has 3 rings (SSSR count). The summed E-state index contributed by atoms with van der Waals surface area (Å²) < 4.78 is 33.1. The number of nitrogens with zero attached hydrogens (tertiary/aromatic N) is 1. The lowest BCUT2D eigenvalue weighted by atomic mass is 9.84. The molecule has 3 amide bonds. The number of carbonyl (C=O) groups is 3. The van der Waals surface area contributed by atoms with Gasteiger partial charge in [0.15, 0.2) is 0 Å². The van der Waals surface area contributed by atoms with Crippen molar-refractivity contribution in [3.05, 3.63) is 96.1 Å². The van der Waals surface area contributed by atoms with Crippen LogP contribution in [0.5, 0.6) is 0 Å². The number of nitrogens with two attached hydrogens (primary N) is 2. The monoisotopic (exact) mass is 637 g/mol. The number of amides is 3. The lowest BCUT2D eigenvalue weighted by Crippen LogP contribution is -2.50. The van der Waals surface area contributed by atoms with Gasteiger partial charge in [0.05, 0.1) is 12.0 Å². The van der Waals surface area contributed by atoms with Crippen LogP contribution in [0.4, 0.5) is 10.5 Å². The molecule has 0 aliphatic carbocycles. The second-order valence-electron chi connectivity index (χ2n) is 11.2. The van der Waals surface area contributed by atoms with Crippen LogP contribution < -0.4 is 22.1 Å². The summed E-state index contributed by atoms with van der Waals surface area (Å²) in [6.45, 7) is 4.03. The Bertz CT molecular complexity index is 1460. The molecule has 12 heteroatoms. The second kappa shape index (κ2) is 16.6. The Balaban J connectivity index is 1.73. The van der Waals surface area contributed by atoms with Gasteiger partial charge in [-0.15, -0.1) is 0 Å². The SMILES string of the molecule is COC(=O)N[C@H](C(=O)NCCCC[C@@H](C(N)=O)N(CC(C)C)S(=O)(=O)c1ccc(N)cc1)C(c1ccccc1)c1ccccc1. The number of ether oxygens (including phenoxy) is 1. The molecular weight excluding hydrogens is 594 g/mol. The Labute approximate surface area is 265 Å². The summed E-state index contributed by atoms with van der Waals surface area (Å²) >= 11 is 0. The first kappa shape index (κ1) is 35.1. The van der Waals surface area contributed by atoms with Gasteiger partial charge in [-0.2, -0.15) is 4.31 Å². The maximum atomic E-state index is 13.6. The summed E-state index contributed by atoms with van der Waals surface area (Å²) in [7, 11) is -2.81. The quantitative estimate of drug-likeness (QED) is 0.137. The average Bonchev–Trinajstić information content (AvgIpc) is 3.02. The van der Waals surface area contributed by atoms with E-state index in [1.54, 1.807) is 0 Å². The van der Waals surface area contributed by atoms with Gasteiger partial charge >= 0.3 is 6.09 Å². The Kier molecular flexibility index (Phi) is 12.9. The molecule has 45 heavy (non-hydrogen) atoms. The van der Waals surface area contributed by atoms with E-state index >= 15 is 0 Å². The van der Waals surface area contributed by atoms with Crippen molar-refractivity contribution < 1.29 is 27.5 Å². The third-order valence-corrected chi connectivity index (χ3v) is 9.19. The zero-order valence-electron chi connectivity index (χ0n) is 25.9. The van der Waals surface area contributed by atoms with Crippen LogP contribution in [0, 0.1) is 5.92 Å². The number of nitrogens with one attached hydrogen (secondary N) is 2. The van der Waals surface area contributed by atoms with Crippen molar-refractivity contribution >= 4 is 33.6 Å². The molecule has 2 atom stereocenters. The number of benzene rings is 3. The van der Waals surface area contributed by atoms with Gasteiger partial charge in [0.2, 0.25) is 21.8 Å². The van der Waals surface area contributed by atoms with E-state index in [9.17, 15) is 22.8 Å². The highest BCUT2D eigenvalue weighted by Gasteiger charge is 2.35. The van der Waals surface area contributed by atoms with Crippen LogP contribution >= 0.6 is 0 Å². The van der Waals surface area contributed by atoms with Gasteiger partial charge in [0, 0.05) is 24.7 Å². The Morgan fingerprint density at radius 2 is 1.42 bits per heavy atom. The number of anilines is 1. The number of sulfonamides is 1. The minimum absolute atomic E-state index is 0.0198. The van der Waals surface area contributed by atoms with Gasteiger partial charge in [-0.25, -0.2) is 13.2 Å². The number of nitrogen functional groups attached to an aromatic ring is 1. The molecular formula is C33H43N5O6S. The predicted molar refractivity (Wildman–Crippen MR) is 173 cm³/mol. The summed E-state index contributed by atoms with van der Waals surface area (Å²) in [5.74, 6) is -1.75. The van der Waals surface area contributed by atoms with Crippen molar-refractivity contribution in [1.82, 2.24) is 14.9 Å². The van der Waals surface area contributed by atoms with Crippen molar-refractivity contribution in [2.24, 2.45) is 11.7 Å². The van der Waals surface area contributed by atoms with Crippen LogP contribution in [0.15, 0.2) is 89.8 Å². The maximum Gasteiger partial charge on any atom is 0.407 e. The summed E-state index contributed by atoms with van der Waals surface area (Å²) in [4.78, 5) is 38.5. The highest BCUT2D eigenvalue weighted by atomic mass is 32.2. The van der Waals surface area contributed by atoms with Gasteiger partial charge < -0.3 is 26.8 Å². The van der Waals surface area contributed by atoms with Crippen molar-refractivity contribution in [3.8, 4) is 0 Å². The number of hydrogen-bond donors (Lipinski definition) is 4. The minimum Gasteiger partial charge on any atom is -0.453 e. The molecule has 11 nitrogen and oxygen atoms in total. The van der Waals surface area contributed by atoms with Gasteiger partial charge in [-0.1, -0.05) is 74.5 Å². The van der Waals surface area contributed by atoms with E-state index in [-0.39, 0.29) is 30.3 Å². The molecule has 0 spiro atoms. The van der Waals surface area contributed by atoms with Crippen molar-refractivity contribution in [3.63, 3.8) is 0 Å². The third-order valence-electron chi connectivity index (χ3n) is 7.30. The molecule has 0 saturated heterocycles. The van der Waals surface area contributed by atoms with Crippen LogP contribution in [0.2, 0.25) is 0 Å². The van der Waals surface area contributed by atoms with E-state index in [1.165, 1.54) is 31.4 Å². The van der Waals surface area contributed by atoms with E-state index in [0.717, 1.165) is 15.4 Å². The molecule has 0 aliphatic heterocycles. The number of carbonyl (C=O) groups excluding carboxylic acids is 3. The van der Waals surface area contributed by atoms with E-state index < -0.39 is 45.9 Å². The highest BCUT2D eigenvalue weighted by Crippen LogP contribution is 2.29.